The molecule has 0 heterocycles. The molecule has 1 unspecified atom stereocenters. The van der Waals surface area contributed by atoms with Crippen molar-refractivity contribution >= 4 is 31.9 Å². The Balaban J connectivity index is 1.97. The smallest absolute Gasteiger partial charge is 0.133 e. The lowest BCUT2D eigenvalue weighted by Crippen LogP contribution is -2.12. The van der Waals surface area contributed by atoms with Gasteiger partial charge in [-0.15, -0.1) is 0 Å². The Morgan fingerprint density at radius 3 is 2.72 bits per heavy atom. The lowest BCUT2D eigenvalue weighted by molar-refractivity contribution is 0.295. The predicted octanol–water partition coefficient (Wildman–Crippen LogP) is 5.86. The van der Waals surface area contributed by atoms with Crippen molar-refractivity contribution < 1.29 is 4.74 Å². The molecule has 100 valence electrons. The average Bonchev–Trinajstić information content (AvgIpc) is 2.32. The van der Waals surface area contributed by atoms with Crippen molar-refractivity contribution in [1.29, 1.82) is 0 Å². The van der Waals surface area contributed by atoms with E-state index in [1.807, 2.05) is 0 Å². The summed E-state index contributed by atoms with van der Waals surface area (Å²) in [5, 5.41) is 0. The summed E-state index contributed by atoms with van der Waals surface area (Å²) < 4.78 is 6.73. The molecule has 0 N–H and O–H groups in total. The topological polar surface area (TPSA) is 9.23 Å². The molecule has 3 heteroatoms. The zero-order chi connectivity index (χ0) is 13.0. The molecular formula is C15H20Br2O. The van der Waals surface area contributed by atoms with E-state index in [4.69, 9.17) is 4.74 Å². The maximum absolute atomic E-state index is 5.67. The minimum absolute atomic E-state index is 0.472. The third-order valence-electron chi connectivity index (χ3n) is 3.54. The first-order valence-electron chi connectivity index (χ1n) is 6.77. The van der Waals surface area contributed by atoms with E-state index in [1.165, 1.54) is 31.2 Å². The van der Waals surface area contributed by atoms with Gasteiger partial charge in [0.25, 0.3) is 0 Å². The van der Waals surface area contributed by atoms with Crippen molar-refractivity contribution in [2.24, 2.45) is 5.92 Å². The fourth-order valence-electron chi connectivity index (χ4n) is 2.20. The number of ether oxygens (including phenoxy) is 1. The highest BCUT2D eigenvalue weighted by Crippen LogP contribution is 2.40. The highest BCUT2D eigenvalue weighted by atomic mass is 79.9. The van der Waals surface area contributed by atoms with Crippen LogP contribution in [-0.4, -0.2) is 6.61 Å². The Hall–Kier alpha value is -0.0200. The van der Waals surface area contributed by atoms with Crippen molar-refractivity contribution in [2.75, 3.05) is 6.61 Å². The van der Waals surface area contributed by atoms with Crippen molar-refractivity contribution in [3.8, 4) is 5.75 Å². The van der Waals surface area contributed by atoms with E-state index in [2.05, 4.69) is 57.0 Å². The molecule has 0 aromatic heterocycles. The van der Waals surface area contributed by atoms with Crippen LogP contribution >= 0.6 is 31.9 Å². The van der Waals surface area contributed by atoms with E-state index < -0.39 is 0 Å². The van der Waals surface area contributed by atoms with Gasteiger partial charge in [0.05, 0.1) is 11.1 Å². The molecule has 1 fully saturated rings. The van der Waals surface area contributed by atoms with E-state index in [-0.39, 0.29) is 0 Å². The van der Waals surface area contributed by atoms with Crippen LogP contribution in [0.2, 0.25) is 0 Å². The second-order valence-electron chi connectivity index (χ2n) is 5.04. The maximum atomic E-state index is 5.67. The van der Waals surface area contributed by atoms with Crippen molar-refractivity contribution in [3.63, 3.8) is 0 Å². The van der Waals surface area contributed by atoms with Crippen molar-refractivity contribution in [2.45, 2.75) is 43.9 Å². The van der Waals surface area contributed by atoms with Gasteiger partial charge >= 0.3 is 0 Å². The van der Waals surface area contributed by atoms with Gasteiger partial charge in [0.1, 0.15) is 5.75 Å². The minimum atomic E-state index is 0.472. The lowest BCUT2D eigenvalue weighted by atomic mass is 9.81. The van der Waals surface area contributed by atoms with E-state index in [0.29, 0.717) is 4.83 Å². The number of rotatable bonds is 6. The molecule has 0 radical (unpaired) electrons. The van der Waals surface area contributed by atoms with Gasteiger partial charge in [0.2, 0.25) is 0 Å². The monoisotopic (exact) mass is 374 g/mol. The van der Waals surface area contributed by atoms with Gasteiger partial charge in [-0.05, 0) is 52.4 Å². The fraction of sp³-hybridized carbons (Fsp3) is 0.600. The number of hydrogen-bond donors (Lipinski definition) is 0. The molecule has 1 aromatic rings. The minimum Gasteiger partial charge on any atom is -0.492 e. The number of alkyl halides is 1. The Morgan fingerprint density at radius 2 is 2.17 bits per heavy atom. The highest BCUT2D eigenvalue weighted by molar-refractivity contribution is 9.10. The lowest BCUT2D eigenvalue weighted by Gasteiger charge is -2.27. The van der Waals surface area contributed by atoms with E-state index in [0.717, 1.165) is 29.2 Å². The summed E-state index contributed by atoms with van der Waals surface area (Å²) in [6.07, 6.45) is 6.51. The molecule has 0 saturated heterocycles. The van der Waals surface area contributed by atoms with E-state index in [1.54, 1.807) is 0 Å². The van der Waals surface area contributed by atoms with Crippen LogP contribution in [0.5, 0.6) is 5.75 Å². The summed E-state index contributed by atoms with van der Waals surface area (Å²) in [5.41, 5.74) is 1.35. The van der Waals surface area contributed by atoms with Gasteiger partial charge in [-0.25, -0.2) is 0 Å². The molecule has 0 bridgehead atoms. The van der Waals surface area contributed by atoms with Crippen LogP contribution in [0.4, 0.5) is 0 Å². The molecule has 0 spiro atoms. The summed E-state index contributed by atoms with van der Waals surface area (Å²) >= 11 is 7.41. The van der Waals surface area contributed by atoms with Crippen LogP contribution in [0.3, 0.4) is 0 Å². The molecule has 1 aliphatic carbocycles. The van der Waals surface area contributed by atoms with Crippen LogP contribution < -0.4 is 4.74 Å². The number of halogens is 2. The van der Waals surface area contributed by atoms with Gasteiger partial charge in [0, 0.05) is 4.83 Å². The van der Waals surface area contributed by atoms with Crippen LogP contribution in [-0.2, 0) is 0 Å². The molecule has 1 nitrogen and oxygen atoms in total. The summed E-state index contributed by atoms with van der Waals surface area (Å²) in [6, 6.07) is 6.43. The first-order valence-corrected chi connectivity index (χ1v) is 8.48. The standard InChI is InChI=1S/C15H20Br2O/c1-2-8-18-15-7-6-12(10-14(15)17)13(16)9-11-4-3-5-11/h6-7,10-11,13H,2-5,8-9H2,1H3. The SMILES string of the molecule is CCCOc1ccc(C(Br)CC2CCC2)cc1Br. The van der Waals surface area contributed by atoms with Crippen LogP contribution in [0.1, 0.15) is 49.4 Å². The number of benzene rings is 1. The zero-order valence-corrected chi connectivity index (χ0v) is 14.0. The summed E-state index contributed by atoms with van der Waals surface area (Å²) in [7, 11) is 0. The van der Waals surface area contributed by atoms with Crippen LogP contribution in [0.15, 0.2) is 22.7 Å². The van der Waals surface area contributed by atoms with Crippen LogP contribution in [0, 0.1) is 5.92 Å². The zero-order valence-electron chi connectivity index (χ0n) is 10.8. The molecule has 1 saturated carbocycles. The fourth-order valence-corrected chi connectivity index (χ4v) is 3.52. The van der Waals surface area contributed by atoms with Gasteiger partial charge < -0.3 is 4.74 Å². The third-order valence-corrected chi connectivity index (χ3v) is 5.07. The first-order chi connectivity index (χ1) is 8.70. The van der Waals surface area contributed by atoms with Crippen LogP contribution in [0.25, 0.3) is 0 Å². The van der Waals surface area contributed by atoms with Gasteiger partial charge in [-0.1, -0.05) is 48.2 Å². The van der Waals surface area contributed by atoms with Crippen molar-refractivity contribution in [1.82, 2.24) is 0 Å². The largest absolute Gasteiger partial charge is 0.492 e. The highest BCUT2D eigenvalue weighted by Gasteiger charge is 2.21. The number of hydrogen-bond acceptors (Lipinski definition) is 1. The second kappa shape index (κ2) is 6.95. The summed E-state index contributed by atoms with van der Waals surface area (Å²) in [5.74, 6) is 1.87. The summed E-state index contributed by atoms with van der Waals surface area (Å²) in [6.45, 7) is 2.90. The summed E-state index contributed by atoms with van der Waals surface area (Å²) in [4.78, 5) is 0.472. The third kappa shape index (κ3) is 3.74. The van der Waals surface area contributed by atoms with Crippen molar-refractivity contribution in [3.05, 3.63) is 28.2 Å². The predicted molar refractivity (Wildman–Crippen MR) is 83.6 cm³/mol. The quantitative estimate of drug-likeness (QED) is 0.565. The Labute approximate surface area is 127 Å². The van der Waals surface area contributed by atoms with Gasteiger partial charge in [-0.2, -0.15) is 0 Å². The Kier molecular flexibility index (Phi) is 5.56. The molecule has 18 heavy (non-hydrogen) atoms. The molecular weight excluding hydrogens is 356 g/mol. The molecule has 2 rings (SSSR count). The Morgan fingerprint density at radius 1 is 1.39 bits per heavy atom. The molecule has 1 aliphatic rings. The Bertz CT molecular complexity index is 388. The van der Waals surface area contributed by atoms with Gasteiger partial charge in [-0.3, -0.25) is 0 Å². The van der Waals surface area contributed by atoms with E-state index in [9.17, 15) is 0 Å². The van der Waals surface area contributed by atoms with Gasteiger partial charge in [0.15, 0.2) is 0 Å². The molecule has 0 aliphatic heterocycles. The average molecular weight is 376 g/mol. The maximum Gasteiger partial charge on any atom is 0.133 e. The first kappa shape index (κ1) is 14.4. The normalized spacial score (nSPS) is 17.3. The molecule has 0 amide bonds. The second-order valence-corrected chi connectivity index (χ2v) is 7.00. The molecule has 1 aromatic carbocycles. The molecule has 1 atom stereocenters. The van der Waals surface area contributed by atoms with E-state index >= 15 is 0 Å².